The molecule has 0 aliphatic carbocycles. The summed E-state index contributed by atoms with van der Waals surface area (Å²) in [7, 11) is 0. The summed E-state index contributed by atoms with van der Waals surface area (Å²) in [6.45, 7) is 1.96. The van der Waals surface area contributed by atoms with Gasteiger partial charge in [0, 0.05) is 17.6 Å². The molecule has 4 aliphatic heterocycles. The third-order valence-electron chi connectivity index (χ3n) is 7.73. The zero-order chi connectivity index (χ0) is 23.9. The standard InChI is InChI=1S/C32H30N2O2/c1-3-22-17-26(5-1)35-27-12-9-23-13-15-33-29(28(23)20-27)18-21-7-10-25(11-8-21)36-31-6-2-4-24-14-16-34-30(19-22)32(24)31/h1-12,17,20,29-30,33-34H,13-16,18-19H2/t29-,30+/m0/s1. The second-order valence-corrected chi connectivity index (χ2v) is 10.1. The maximum Gasteiger partial charge on any atom is 0.132 e. The minimum absolute atomic E-state index is 0.189. The van der Waals surface area contributed by atoms with E-state index in [4.69, 9.17) is 9.47 Å². The lowest BCUT2D eigenvalue weighted by molar-refractivity contribution is 0.437. The summed E-state index contributed by atoms with van der Waals surface area (Å²) in [4.78, 5) is 0. The van der Waals surface area contributed by atoms with Gasteiger partial charge in [-0.15, -0.1) is 0 Å². The minimum atomic E-state index is 0.189. The number of rotatable bonds is 0. The molecule has 36 heavy (non-hydrogen) atoms. The van der Waals surface area contributed by atoms with Crippen LogP contribution in [0.15, 0.2) is 84.9 Å². The minimum Gasteiger partial charge on any atom is -0.457 e. The largest absolute Gasteiger partial charge is 0.457 e. The van der Waals surface area contributed by atoms with Gasteiger partial charge in [-0.1, -0.05) is 42.5 Å². The SMILES string of the molecule is c1cc2cc(c1)Oc1ccc3c(c1)[C@H](Cc1ccc(cc1)Oc1cccc4c1[C@@H](C2)NCC4)NCC3. The van der Waals surface area contributed by atoms with Crippen LogP contribution < -0.4 is 20.1 Å². The molecule has 4 heteroatoms. The second kappa shape index (κ2) is 9.12. The molecular weight excluding hydrogens is 444 g/mol. The average molecular weight is 475 g/mol. The van der Waals surface area contributed by atoms with Gasteiger partial charge in [0.25, 0.3) is 0 Å². The summed E-state index contributed by atoms with van der Waals surface area (Å²) < 4.78 is 12.9. The van der Waals surface area contributed by atoms with Crippen molar-refractivity contribution in [3.05, 3.63) is 118 Å². The van der Waals surface area contributed by atoms with Gasteiger partial charge in [-0.25, -0.2) is 0 Å². The molecule has 0 spiro atoms. The van der Waals surface area contributed by atoms with Crippen LogP contribution in [-0.2, 0) is 25.7 Å². The Hall–Kier alpha value is -3.60. The summed E-state index contributed by atoms with van der Waals surface area (Å²) in [5.41, 5.74) is 7.92. The van der Waals surface area contributed by atoms with Crippen LogP contribution in [0, 0.1) is 0 Å². The number of hydrogen-bond donors (Lipinski definition) is 2. The fraction of sp³-hybridized carbons (Fsp3) is 0.250. The number of fused-ring (bicyclic) bond motifs is 2. The molecule has 4 aromatic rings. The fourth-order valence-electron chi connectivity index (χ4n) is 5.98. The van der Waals surface area contributed by atoms with Crippen molar-refractivity contribution in [2.45, 2.75) is 37.8 Å². The summed E-state index contributed by atoms with van der Waals surface area (Å²) >= 11 is 0. The van der Waals surface area contributed by atoms with Gasteiger partial charge in [0.05, 0.1) is 0 Å². The Bertz CT molecular complexity index is 1410. The van der Waals surface area contributed by atoms with Crippen molar-refractivity contribution in [1.29, 1.82) is 0 Å². The molecule has 0 amide bonds. The molecule has 0 saturated heterocycles. The average Bonchev–Trinajstić information content (AvgIpc) is 2.90. The molecule has 8 rings (SSSR count). The van der Waals surface area contributed by atoms with Crippen molar-refractivity contribution in [2.75, 3.05) is 13.1 Å². The van der Waals surface area contributed by atoms with E-state index in [1.165, 1.54) is 33.4 Å². The predicted molar refractivity (Wildman–Crippen MR) is 142 cm³/mol. The van der Waals surface area contributed by atoms with Crippen LogP contribution in [0.2, 0.25) is 0 Å². The van der Waals surface area contributed by atoms with E-state index in [9.17, 15) is 0 Å². The van der Waals surface area contributed by atoms with Crippen molar-refractivity contribution in [1.82, 2.24) is 10.6 Å². The molecule has 180 valence electrons. The van der Waals surface area contributed by atoms with E-state index in [0.717, 1.165) is 61.8 Å². The zero-order valence-corrected chi connectivity index (χ0v) is 20.3. The van der Waals surface area contributed by atoms with Crippen molar-refractivity contribution in [2.24, 2.45) is 0 Å². The van der Waals surface area contributed by atoms with Crippen LogP contribution in [-0.4, -0.2) is 13.1 Å². The first-order valence-corrected chi connectivity index (χ1v) is 13.0. The topological polar surface area (TPSA) is 42.5 Å². The van der Waals surface area contributed by atoms with Crippen molar-refractivity contribution in [3.8, 4) is 23.0 Å². The number of benzene rings is 4. The Kier molecular flexibility index (Phi) is 5.49. The lowest BCUT2D eigenvalue weighted by Crippen LogP contribution is -2.31. The Morgan fingerprint density at radius 2 is 1.33 bits per heavy atom. The van der Waals surface area contributed by atoms with Crippen LogP contribution in [0.3, 0.4) is 0 Å². The fourth-order valence-corrected chi connectivity index (χ4v) is 5.98. The highest BCUT2D eigenvalue weighted by atomic mass is 16.5. The van der Waals surface area contributed by atoms with Crippen LogP contribution in [0.25, 0.3) is 0 Å². The highest BCUT2D eigenvalue weighted by Gasteiger charge is 2.25. The summed E-state index contributed by atoms with van der Waals surface area (Å²) in [6.07, 6.45) is 3.86. The van der Waals surface area contributed by atoms with E-state index in [0.29, 0.717) is 0 Å². The number of ether oxygens (including phenoxy) is 2. The molecule has 4 aliphatic rings. The number of nitrogens with one attached hydrogen (secondary N) is 2. The molecule has 4 nitrogen and oxygen atoms in total. The van der Waals surface area contributed by atoms with Gasteiger partial charge in [0.1, 0.15) is 23.0 Å². The van der Waals surface area contributed by atoms with Gasteiger partial charge in [0.2, 0.25) is 0 Å². The Labute approximate surface area is 212 Å². The van der Waals surface area contributed by atoms with Crippen LogP contribution >= 0.6 is 0 Å². The first-order valence-electron chi connectivity index (χ1n) is 13.0. The van der Waals surface area contributed by atoms with E-state index < -0.39 is 0 Å². The highest BCUT2D eigenvalue weighted by Crippen LogP contribution is 2.38. The van der Waals surface area contributed by atoms with Crippen molar-refractivity contribution >= 4 is 0 Å². The molecule has 4 aromatic carbocycles. The van der Waals surface area contributed by atoms with Gasteiger partial charge in [0.15, 0.2) is 0 Å². The molecule has 0 saturated carbocycles. The molecule has 0 radical (unpaired) electrons. The predicted octanol–water partition coefficient (Wildman–Crippen LogP) is 6.44. The molecule has 0 unspecified atom stereocenters. The normalized spacial score (nSPS) is 20.3. The molecule has 2 atom stereocenters. The molecule has 0 fully saturated rings. The van der Waals surface area contributed by atoms with E-state index in [1.54, 1.807) is 0 Å². The lowest BCUT2D eigenvalue weighted by Gasteiger charge is -2.29. The van der Waals surface area contributed by atoms with Crippen LogP contribution in [0.4, 0.5) is 0 Å². The first-order chi connectivity index (χ1) is 17.8. The van der Waals surface area contributed by atoms with Crippen LogP contribution in [0.1, 0.15) is 45.5 Å². The maximum atomic E-state index is 6.50. The van der Waals surface area contributed by atoms with Crippen molar-refractivity contribution < 1.29 is 9.47 Å². The van der Waals surface area contributed by atoms with Gasteiger partial charge < -0.3 is 20.1 Å². The van der Waals surface area contributed by atoms with Gasteiger partial charge in [-0.3, -0.25) is 0 Å². The Balaban J connectivity index is 1.33. The molecule has 2 N–H and O–H groups in total. The molecular formula is C32H30N2O2. The first kappa shape index (κ1) is 21.7. The zero-order valence-electron chi connectivity index (χ0n) is 20.3. The third kappa shape index (κ3) is 4.17. The van der Waals surface area contributed by atoms with Crippen LogP contribution in [0.5, 0.6) is 23.0 Å². The quantitative estimate of drug-likeness (QED) is 0.308. The summed E-state index contributed by atoms with van der Waals surface area (Å²) in [6, 6.07) is 30.6. The second-order valence-electron chi connectivity index (χ2n) is 10.1. The maximum absolute atomic E-state index is 6.50. The number of hydrogen-bond acceptors (Lipinski definition) is 4. The molecule has 4 heterocycles. The van der Waals surface area contributed by atoms with Gasteiger partial charge in [-0.05, 0) is 109 Å². The van der Waals surface area contributed by atoms with Crippen molar-refractivity contribution in [3.63, 3.8) is 0 Å². The Morgan fingerprint density at radius 3 is 2.25 bits per heavy atom. The summed E-state index contributed by atoms with van der Waals surface area (Å²) in [5.74, 6) is 3.60. The smallest absolute Gasteiger partial charge is 0.132 e. The van der Waals surface area contributed by atoms with E-state index in [1.807, 2.05) is 0 Å². The van der Waals surface area contributed by atoms with E-state index in [2.05, 4.69) is 95.6 Å². The Morgan fingerprint density at radius 1 is 0.583 bits per heavy atom. The monoisotopic (exact) mass is 474 g/mol. The molecule has 6 bridgehead atoms. The van der Waals surface area contributed by atoms with E-state index >= 15 is 0 Å². The van der Waals surface area contributed by atoms with Gasteiger partial charge >= 0.3 is 0 Å². The third-order valence-corrected chi connectivity index (χ3v) is 7.73. The molecule has 0 aromatic heterocycles. The summed E-state index contributed by atoms with van der Waals surface area (Å²) in [5, 5.41) is 7.47. The van der Waals surface area contributed by atoms with E-state index in [-0.39, 0.29) is 12.1 Å². The van der Waals surface area contributed by atoms with Gasteiger partial charge in [-0.2, -0.15) is 0 Å². The lowest BCUT2D eigenvalue weighted by atomic mass is 9.89. The highest BCUT2D eigenvalue weighted by molar-refractivity contribution is 5.48.